The van der Waals surface area contributed by atoms with E-state index in [1.165, 1.54) is 17.7 Å². The van der Waals surface area contributed by atoms with Crippen molar-refractivity contribution in [3.63, 3.8) is 0 Å². The molecule has 0 saturated heterocycles. The van der Waals surface area contributed by atoms with Gasteiger partial charge in [0, 0.05) is 10.3 Å². The molecule has 0 amide bonds. The van der Waals surface area contributed by atoms with Gasteiger partial charge in [0.05, 0.1) is 5.59 Å². The van der Waals surface area contributed by atoms with Crippen LogP contribution in [0.5, 0.6) is 0 Å². The van der Waals surface area contributed by atoms with Crippen molar-refractivity contribution in [1.82, 2.24) is 9.97 Å². The van der Waals surface area contributed by atoms with Crippen LogP contribution in [0.15, 0.2) is 12.4 Å². The van der Waals surface area contributed by atoms with Crippen LogP contribution < -0.4 is 5.59 Å². The van der Waals surface area contributed by atoms with Gasteiger partial charge in [-0.1, -0.05) is 0 Å². The third-order valence-electron chi connectivity index (χ3n) is 1.73. The van der Waals surface area contributed by atoms with Crippen molar-refractivity contribution in [2.24, 2.45) is 0 Å². The minimum atomic E-state index is -1.53. The lowest BCUT2D eigenvalue weighted by molar-refractivity contribution is 0.424. The van der Waals surface area contributed by atoms with Crippen molar-refractivity contribution >= 4 is 34.3 Å². The van der Waals surface area contributed by atoms with E-state index < -0.39 is 7.12 Å². The second kappa shape index (κ2) is 3.06. The van der Waals surface area contributed by atoms with Gasteiger partial charge in [0.15, 0.2) is 0 Å². The Hall–Kier alpha value is -0.975. The van der Waals surface area contributed by atoms with Crippen LogP contribution in [0.25, 0.3) is 10.2 Å². The molecule has 2 N–H and O–H groups in total. The van der Waals surface area contributed by atoms with Crippen molar-refractivity contribution in [1.29, 1.82) is 0 Å². The van der Waals surface area contributed by atoms with Crippen LogP contribution in [0.2, 0.25) is 0 Å². The van der Waals surface area contributed by atoms with E-state index in [2.05, 4.69) is 9.97 Å². The van der Waals surface area contributed by atoms with Gasteiger partial charge < -0.3 is 10.0 Å². The number of fused-ring (bicyclic) bond motifs is 1. The summed E-state index contributed by atoms with van der Waals surface area (Å²) in [6.45, 7) is 1.94. The van der Waals surface area contributed by atoms with E-state index in [1.54, 1.807) is 0 Å². The van der Waals surface area contributed by atoms with Crippen molar-refractivity contribution in [3.8, 4) is 0 Å². The largest absolute Gasteiger partial charge is 0.508 e. The zero-order valence-electron chi connectivity index (χ0n) is 6.93. The first-order chi connectivity index (χ1) is 6.18. The molecule has 0 aromatic carbocycles. The summed E-state index contributed by atoms with van der Waals surface area (Å²) in [5.41, 5.74) is 0.273. The summed E-state index contributed by atoms with van der Waals surface area (Å²) < 4.78 is 0. The van der Waals surface area contributed by atoms with E-state index in [1.807, 2.05) is 13.0 Å². The van der Waals surface area contributed by atoms with Gasteiger partial charge in [0.25, 0.3) is 0 Å². The highest BCUT2D eigenvalue weighted by molar-refractivity contribution is 7.18. The molecule has 2 heterocycles. The van der Waals surface area contributed by atoms with Gasteiger partial charge in [0.2, 0.25) is 0 Å². The molecule has 2 aromatic rings. The number of aromatic nitrogens is 2. The third-order valence-corrected chi connectivity index (χ3v) is 2.69. The van der Waals surface area contributed by atoms with E-state index in [-0.39, 0.29) is 5.59 Å². The molecular formula is C7H7BN2O2S. The average molecular weight is 194 g/mol. The van der Waals surface area contributed by atoms with Gasteiger partial charge in [-0.3, -0.25) is 0 Å². The van der Waals surface area contributed by atoms with Gasteiger partial charge in [0.1, 0.15) is 11.2 Å². The van der Waals surface area contributed by atoms with E-state index in [0.29, 0.717) is 0 Å². The van der Waals surface area contributed by atoms with E-state index in [9.17, 15) is 0 Å². The fourth-order valence-electron chi connectivity index (χ4n) is 1.20. The van der Waals surface area contributed by atoms with Crippen LogP contribution in [0.3, 0.4) is 0 Å². The topological polar surface area (TPSA) is 66.2 Å². The van der Waals surface area contributed by atoms with E-state index >= 15 is 0 Å². The molecule has 13 heavy (non-hydrogen) atoms. The minimum absolute atomic E-state index is 0.273. The molecule has 0 aliphatic rings. The van der Waals surface area contributed by atoms with Crippen LogP contribution in [0, 0.1) is 6.92 Å². The molecule has 66 valence electrons. The average Bonchev–Trinajstić information content (AvgIpc) is 2.43. The Balaban J connectivity index is 2.75. The minimum Gasteiger partial charge on any atom is -0.422 e. The summed E-state index contributed by atoms with van der Waals surface area (Å²) in [5.74, 6) is 0. The van der Waals surface area contributed by atoms with Crippen LogP contribution in [-0.2, 0) is 0 Å². The van der Waals surface area contributed by atoms with Gasteiger partial charge in [-0.05, 0) is 13.0 Å². The highest BCUT2D eigenvalue weighted by Crippen LogP contribution is 2.20. The fourth-order valence-corrected chi connectivity index (χ4v) is 2.06. The maximum atomic E-state index is 9.00. The fraction of sp³-hybridized carbons (Fsp3) is 0.143. The second-order valence-corrected chi connectivity index (χ2v) is 3.94. The summed E-state index contributed by atoms with van der Waals surface area (Å²) >= 11 is 1.51. The molecule has 0 unspecified atom stereocenters. The normalized spacial score (nSPS) is 10.7. The molecule has 0 spiro atoms. The molecule has 0 aliphatic carbocycles. The number of nitrogens with zero attached hydrogens (tertiary/aromatic N) is 2. The standard InChI is InChI=1S/C7H7BN2O2S/c1-4-2-5-6(8(11)12)9-3-10-7(5)13-4/h2-3,11-12H,1H3. The summed E-state index contributed by atoms with van der Waals surface area (Å²) in [6, 6.07) is 1.86. The molecule has 0 fully saturated rings. The van der Waals surface area contributed by atoms with E-state index in [0.717, 1.165) is 15.1 Å². The Morgan fingerprint density at radius 3 is 2.85 bits per heavy atom. The van der Waals surface area contributed by atoms with Crippen molar-refractivity contribution < 1.29 is 10.0 Å². The number of hydrogen-bond acceptors (Lipinski definition) is 5. The van der Waals surface area contributed by atoms with Gasteiger partial charge in [-0.15, -0.1) is 11.3 Å². The molecule has 0 aliphatic heterocycles. The Bertz CT molecular complexity index is 443. The Labute approximate surface area is 79.0 Å². The molecule has 0 bridgehead atoms. The summed E-state index contributed by atoms with van der Waals surface area (Å²) in [6.07, 6.45) is 1.34. The van der Waals surface area contributed by atoms with Gasteiger partial charge in [-0.2, -0.15) is 0 Å². The Morgan fingerprint density at radius 2 is 2.15 bits per heavy atom. The molecule has 6 heteroatoms. The number of hydrogen-bond donors (Lipinski definition) is 2. The van der Waals surface area contributed by atoms with Crippen LogP contribution >= 0.6 is 11.3 Å². The summed E-state index contributed by atoms with van der Waals surface area (Å²) in [4.78, 5) is 9.71. The predicted molar refractivity (Wildman–Crippen MR) is 52.0 cm³/mol. The highest BCUT2D eigenvalue weighted by Gasteiger charge is 2.17. The van der Waals surface area contributed by atoms with Crippen molar-refractivity contribution in [3.05, 3.63) is 17.3 Å². The van der Waals surface area contributed by atoms with Gasteiger partial charge in [-0.25, -0.2) is 9.97 Å². The summed E-state index contributed by atoms with van der Waals surface area (Å²) in [5, 5.41) is 18.7. The second-order valence-electron chi connectivity index (χ2n) is 2.71. The molecular weight excluding hydrogens is 187 g/mol. The smallest absolute Gasteiger partial charge is 0.422 e. The SMILES string of the molecule is Cc1cc2c(B(O)O)ncnc2s1. The lowest BCUT2D eigenvalue weighted by Gasteiger charge is -1.97. The third kappa shape index (κ3) is 1.43. The lowest BCUT2D eigenvalue weighted by atomic mass is 9.84. The van der Waals surface area contributed by atoms with E-state index in [4.69, 9.17) is 10.0 Å². The lowest BCUT2D eigenvalue weighted by Crippen LogP contribution is -2.33. The molecule has 0 radical (unpaired) electrons. The number of thiophene rings is 1. The maximum Gasteiger partial charge on any atom is 0.508 e. The monoisotopic (exact) mass is 194 g/mol. The predicted octanol–water partition coefficient (Wildman–Crippen LogP) is -0.320. The highest BCUT2D eigenvalue weighted by atomic mass is 32.1. The van der Waals surface area contributed by atoms with Crippen molar-refractivity contribution in [2.45, 2.75) is 6.92 Å². The molecule has 0 atom stereocenters. The van der Waals surface area contributed by atoms with Gasteiger partial charge >= 0.3 is 7.12 Å². The van der Waals surface area contributed by atoms with Crippen molar-refractivity contribution in [2.75, 3.05) is 0 Å². The zero-order valence-corrected chi connectivity index (χ0v) is 7.75. The summed E-state index contributed by atoms with van der Waals surface area (Å²) in [7, 11) is -1.53. The Morgan fingerprint density at radius 1 is 1.38 bits per heavy atom. The first-order valence-corrected chi connectivity index (χ1v) is 4.57. The molecule has 2 rings (SSSR count). The number of rotatable bonds is 1. The van der Waals surface area contributed by atoms with Crippen LogP contribution in [0.4, 0.5) is 0 Å². The molecule has 0 saturated carbocycles. The quantitative estimate of drug-likeness (QED) is 0.610. The number of aryl methyl sites for hydroxylation is 1. The van der Waals surface area contributed by atoms with Crippen LogP contribution in [-0.4, -0.2) is 27.1 Å². The molecule has 2 aromatic heterocycles. The maximum absolute atomic E-state index is 9.00. The zero-order chi connectivity index (χ0) is 9.42. The first kappa shape index (κ1) is 8.62. The Kier molecular flexibility index (Phi) is 2.03. The first-order valence-electron chi connectivity index (χ1n) is 3.75. The molecule has 4 nitrogen and oxygen atoms in total. The van der Waals surface area contributed by atoms with Crippen LogP contribution in [0.1, 0.15) is 4.88 Å².